The SMILES string of the molecule is C[C@@H]1CN(C(=O)OC(C)(C)C)CCN1C1CCC1. The minimum absolute atomic E-state index is 0.164. The highest BCUT2D eigenvalue weighted by atomic mass is 16.6. The van der Waals surface area contributed by atoms with Gasteiger partial charge < -0.3 is 9.64 Å². The molecule has 1 heterocycles. The molecule has 2 aliphatic rings. The van der Waals surface area contributed by atoms with Crippen molar-refractivity contribution in [2.45, 2.75) is 64.6 Å². The fourth-order valence-corrected chi connectivity index (χ4v) is 2.72. The lowest BCUT2D eigenvalue weighted by molar-refractivity contribution is -0.0112. The number of carbonyl (C=O) groups is 1. The molecule has 1 aliphatic carbocycles. The van der Waals surface area contributed by atoms with E-state index in [0.29, 0.717) is 6.04 Å². The van der Waals surface area contributed by atoms with Gasteiger partial charge in [-0.05, 0) is 40.5 Å². The molecule has 0 bridgehead atoms. The predicted octanol–water partition coefficient (Wildman–Crippen LogP) is 2.48. The molecule has 4 nitrogen and oxygen atoms in total. The monoisotopic (exact) mass is 254 g/mol. The highest BCUT2D eigenvalue weighted by Gasteiger charge is 2.34. The standard InChI is InChI=1S/C14H26N2O2/c1-11-10-15(13(17)18-14(2,3)4)8-9-16(11)12-6-5-7-12/h11-12H,5-10H2,1-4H3/t11-/m1/s1. The smallest absolute Gasteiger partial charge is 0.410 e. The van der Waals surface area contributed by atoms with Crippen molar-refractivity contribution >= 4 is 6.09 Å². The minimum atomic E-state index is -0.397. The van der Waals surface area contributed by atoms with E-state index in [1.165, 1.54) is 19.3 Å². The summed E-state index contributed by atoms with van der Waals surface area (Å²) in [4.78, 5) is 16.4. The van der Waals surface area contributed by atoms with Crippen molar-refractivity contribution in [1.82, 2.24) is 9.80 Å². The second-order valence-corrected chi connectivity index (χ2v) is 6.60. The summed E-state index contributed by atoms with van der Waals surface area (Å²) in [5.74, 6) is 0. The molecule has 0 N–H and O–H groups in total. The van der Waals surface area contributed by atoms with Gasteiger partial charge in [0.2, 0.25) is 0 Å². The average molecular weight is 254 g/mol. The largest absolute Gasteiger partial charge is 0.444 e. The van der Waals surface area contributed by atoms with E-state index >= 15 is 0 Å². The van der Waals surface area contributed by atoms with Crippen molar-refractivity contribution < 1.29 is 9.53 Å². The Morgan fingerprint density at radius 1 is 1.22 bits per heavy atom. The first-order valence-electron chi connectivity index (χ1n) is 7.10. The molecule has 1 saturated heterocycles. The van der Waals surface area contributed by atoms with Crippen molar-refractivity contribution in [3.63, 3.8) is 0 Å². The Bertz CT molecular complexity index is 307. The molecule has 0 aromatic rings. The van der Waals surface area contributed by atoms with Crippen LogP contribution in [0.25, 0.3) is 0 Å². The van der Waals surface area contributed by atoms with Gasteiger partial charge >= 0.3 is 6.09 Å². The highest BCUT2D eigenvalue weighted by molar-refractivity contribution is 5.68. The van der Waals surface area contributed by atoms with Crippen molar-refractivity contribution in [3.8, 4) is 0 Å². The fourth-order valence-electron chi connectivity index (χ4n) is 2.72. The number of amides is 1. The maximum Gasteiger partial charge on any atom is 0.410 e. The maximum absolute atomic E-state index is 12.0. The lowest BCUT2D eigenvalue weighted by Gasteiger charge is -2.46. The molecule has 0 radical (unpaired) electrons. The van der Waals surface area contributed by atoms with Crippen LogP contribution in [-0.2, 0) is 4.74 Å². The summed E-state index contributed by atoms with van der Waals surface area (Å²) in [6.45, 7) is 10.6. The zero-order valence-corrected chi connectivity index (χ0v) is 12.1. The molecule has 4 heteroatoms. The van der Waals surface area contributed by atoms with E-state index in [1.54, 1.807) is 0 Å². The fraction of sp³-hybridized carbons (Fsp3) is 0.929. The summed E-state index contributed by atoms with van der Waals surface area (Å²) in [6, 6.07) is 1.22. The third-order valence-electron chi connectivity index (χ3n) is 3.87. The van der Waals surface area contributed by atoms with Crippen LogP contribution in [0.5, 0.6) is 0 Å². The zero-order chi connectivity index (χ0) is 13.3. The molecule has 0 aromatic carbocycles. The molecule has 0 aromatic heterocycles. The normalized spacial score (nSPS) is 26.9. The molecule has 0 unspecified atom stereocenters. The lowest BCUT2D eigenvalue weighted by Crippen LogP contribution is -2.58. The van der Waals surface area contributed by atoms with Gasteiger partial charge in [0.05, 0.1) is 0 Å². The van der Waals surface area contributed by atoms with Crippen molar-refractivity contribution in [1.29, 1.82) is 0 Å². The second-order valence-electron chi connectivity index (χ2n) is 6.60. The minimum Gasteiger partial charge on any atom is -0.444 e. The Kier molecular flexibility index (Phi) is 3.85. The van der Waals surface area contributed by atoms with E-state index < -0.39 is 5.60 Å². The zero-order valence-electron chi connectivity index (χ0n) is 12.1. The Morgan fingerprint density at radius 2 is 1.89 bits per heavy atom. The van der Waals surface area contributed by atoms with Gasteiger partial charge in [-0.15, -0.1) is 0 Å². The number of rotatable bonds is 1. The quantitative estimate of drug-likeness (QED) is 0.720. The van der Waals surface area contributed by atoms with Gasteiger partial charge in [0, 0.05) is 31.7 Å². The summed E-state index contributed by atoms with van der Waals surface area (Å²) in [6.07, 6.45) is 3.86. The van der Waals surface area contributed by atoms with E-state index in [0.717, 1.165) is 25.7 Å². The summed E-state index contributed by atoms with van der Waals surface area (Å²) in [7, 11) is 0. The highest BCUT2D eigenvalue weighted by Crippen LogP contribution is 2.28. The number of carbonyl (C=O) groups excluding carboxylic acids is 1. The van der Waals surface area contributed by atoms with Crippen LogP contribution in [0, 0.1) is 0 Å². The van der Waals surface area contributed by atoms with Gasteiger partial charge in [-0.2, -0.15) is 0 Å². The van der Waals surface area contributed by atoms with E-state index in [4.69, 9.17) is 4.74 Å². The van der Waals surface area contributed by atoms with Gasteiger partial charge in [-0.3, -0.25) is 4.90 Å². The van der Waals surface area contributed by atoms with Gasteiger partial charge in [-0.25, -0.2) is 4.79 Å². The number of hydrogen-bond donors (Lipinski definition) is 0. The molecule has 2 fully saturated rings. The van der Waals surface area contributed by atoms with E-state index in [1.807, 2.05) is 25.7 Å². The topological polar surface area (TPSA) is 32.8 Å². The van der Waals surface area contributed by atoms with E-state index in [2.05, 4.69) is 11.8 Å². The summed E-state index contributed by atoms with van der Waals surface area (Å²) in [5, 5.41) is 0. The Hall–Kier alpha value is -0.770. The van der Waals surface area contributed by atoms with Gasteiger partial charge in [-0.1, -0.05) is 6.42 Å². The number of hydrogen-bond acceptors (Lipinski definition) is 3. The molecular weight excluding hydrogens is 228 g/mol. The van der Waals surface area contributed by atoms with Gasteiger partial charge in [0.25, 0.3) is 0 Å². The van der Waals surface area contributed by atoms with Crippen molar-refractivity contribution in [2.24, 2.45) is 0 Å². The molecule has 18 heavy (non-hydrogen) atoms. The second kappa shape index (κ2) is 5.08. The van der Waals surface area contributed by atoms with Crippen LogP contribution < -0.4 is 0 Å². The molecule has 2 rings (SSSR count). The predicted molar refractivity (Wildman–Crippen MR) is 71.6 cm³/mol. The third kappa shape index (κ3) is 3.16. The van der Waals surface area contributed by atoms with Crippen LogP contribution in [-0.4, -0.2) is 53.2 Å². The van der Waals surface area contributed by atoms with Crippen LogP contribution in [0.4, 0.5) is 4.79 Å². The lowest BCUT2D eigenvalue weighted by atomic mass is 9.90. The molecular formula is C14H26N2O2. The van der Waals surface area contributed by atoms with Crippen LogP contribution in [0.2, 0.25) is 0 Å². The van der Waals surface area contributed by atoms with Crippen molar-refractivity contribution in [2.75, 3.05) is 19.6 Å². The molecule has 1 aliphatic heterocycles. The Balaban J connectivity index is 1.85. The van der Waals surface area contributed by atoms with Gasteiger partial charge in [0.1, 0.15) is 5.60 Å². The van der Waals surface area contributed by atoms with Crippen LogP contribution in [0.3, 0.4) is 0 Å². The van der Waals surface area contributed by atoms with Gasteiger partial charge in [0.15, 0.2) is 0 Å². The number of nitrogens with zero attached hydrogens (tertiary/aromatic N) is 2. The van der Waals surface area contributed by atoms with Crippen LogP contribution >= 0.6 is 0 Å². The first-order chi connectivity index (χ1) is 8.37. The van der Waals surface area contributed by atoms with Crippen molar-refractivity contribution in [3.05, 3.63) is 0 Å². The number of ether oxygens (including phenoxy) is 1. The number of piperazine rings is 1. The molecule has 1 amide bonds. The first-order valence-corrected chi connectivity index (χ1v) is 7.10. The first kappa shape index (κ1) is 13.7. The molecule has 1 saturated carbocycles. The average Bonchev–Trinajstić information content (AvgIpc) is 2.15. The summed E-state index contributed by atoms with van der Waals surface area (Å²) < 4.78 is 5.43. The van der Waals surface area contributed by atoms with E-state index in [-0.39, 0.29) is 6.09 Å². The van der Waals surface area contributed by atoms with E-state index in [9.17, 15) is 4.79 Å². The summed E-state index contributed by atoms with van der Waals surface area (Å²) in [5.41, 5.74) is -0.397. The maximum atomic E-state index is 12.0. The Labute approximate surface area is 110 Å². The molecule has 0 spiro atoms. The van der Waals surface area contributed by atoms with Crippen LogP contribution in [0.1, 0.15) is 47.0 Å². The van der Waals surface area contributed by atoms with Crippen LogP contribution in [0.15, 0.2) is 0 Å². The summed E-state index contributed by atoms with van der Waals surface area (Å²) >= 11 is 0. The third-order valence-corrected chi connectivity index (χ3v) is 3.87. The molecule has 104 valence electrons. The Morgan fingerprint density at radius 3 is 2.33 bits per heavy atom. The molecule has 1 atom stereocenters.